The van der Waals surface area contributed by atoms with Gasteiger partial charge in [0.05, 0.1) is 12.8 Å². The number of para-hydroxylation sites is 2. The van der Waals surface area contributed by atoms with Gasteiger partial charge in [0.15, 0.2) is 30.0 Å². The normalized spacial score (nSPS) is 14.5. The first-order chi connectivity index (χ1) is 15.9. The van der Waals surface area contributed by atoms with Crippen LogP contribution in [0.5, 0.6) is 11.5 Å². The van der Waals surface area contributed by atoms with Gasteiger partial charge in [0, 0.05) is 17.0 Å². The second-order valence-corrected chi connectivity index (χ2v) is 7.64. The zero-order valence-electron chi connectivity index (χ0n) is 18.3. The zero-order valence-corrected chi connectivity index (χ0v) is 18.3. The van der Waals surface area contributed by atoms with Crippen molar-refractivity contribution in [1.82, 2.24) is 9.88 Å². The molecule has 0 saturated heterocycles. The summed E-state index contributed by atoms with van der Waals surface area (Å²) in [5, 5.41) is 2.38. The van der Waals surface area contributed by atoms with Gasteiger partial charge in [0.2, 0.25) is 5.78 Å². The smallest absolute Gasteiger partial charge is 0.325 e. The largest absolute Gasteiger partial charge is 0.486 e. The molecule has 9 heteroatoms. The molecular weight excluding hydrogens is 428 g/mol. The summed E-state index contributed by atoms with van der Waals surface area (Å²) in [6.07, 6.45) is 1.15. The number of hydrogen-bond donors (Lipinski definition) is 1. The molecule has 33 heavy (non-hydrogen) atoms. The lowest BCUT2D eigenvalue weighted by Crippen LogP contribution is -2.33. The third kappa shape index (κ3) is 5.08. The van der Waals surface area contributed by atoms with Crippen LogP contribution < -0.4 is 14.8 Å². The van der Waals surface area contributed by atoms with Gasteiger partial charge in [-0.25, -0.2) is 0 Å². The number of hydrogen-bond acceptors (Lipinski definition) is 7. The fraction of sp³-hybridized carbons (Fsp3) is 0.292. The summed E-state index contributed by atoms with van der Waals surface area (Å²) in [7, 11) is 0. The lowest BCUT2D eigenvalue weighted by atomic mass is 10.1. The van der Waals surface area contributed by atoms with E-state index in [1.807, 2.05) is 42.7 Å². The molecule has 0 fully saturated rings. The van der Waals surface area contributed by atoms with Gasteiger partial charge in [-0.15, -0.1) is 0 Å². The molecule has 1 unspecified atom stereocenters. The first kappa shape index (κ1) is 22.2. The number of Topliss-reactive ketones (excluding diaryl/α,β-unsaturated/α-hetero) is 1. The average molecular weight is 452 g/mol. The van der Waals surface area contributed by atoms with E-state index in [9.17, 15) is 14.4 Å². The lowest BCUT2D eigenvalue weighted by molar-refractivity contribution is -0.141. The molecule has 0 saturated carbocycles. The van der Waals surface area contributed by atoms with E-state index in [0.29, 0.717) is 30.2 Å². The molecule has 172 valence electrons. The van der Waals surface area contributed by atoms with Gasteiger partial charge in [0.1, 0.15) is 13.2 Å². The van der Waals surface area contributed by atoms with Gasteiger partial charge >= 0.3 is 5.97 Å². The van der Waals surface area contributed by atoms with Gasteiger partial charge in [0.25, 0.3) is 5.91 Å². The van der Waals surface area contributed by atoms with Crippen LogP contribution in [-0.2, 0) is 16.1 Å². The fourth-order valence-electron chi connectivity index (χ4n) is 3.64. The highest BCUT2D eigenvalue weighted by atomic mass is 16.6. The lowest BCUT2D eigenvalue weighted by Gasteiger charge is -2.27. The summed E-state index contributed by atoms with van der Waals surface area (Å²) in [6, 6.07) is 12.3. The highest BCUT2D eigenvalue weighted by Crippen LogP contribution is 2.31. The molecule has 2 aromatic heterocycles. The number of carbonyl (C=O) groups is 3. The minimum Gasteiger partial charge on any atom is -0.486 e. The van der Waals surface area contributed by atoms with Crippen LogP contribution in [0.25, 0.3) is 0 Å². The molecular formula is C24H24N2O7. The number of fused-ring (bicyclic) bond motifs is 1. The number of nitrogens with zero attached hydrogens (tertiary/aromatic N) is 1. The Morgan fingerprint density at radius 2 is 1.91 bits per heavy atom. The summed E-state index contributed by atoms with van der Waals surface area (Å²) in [6.45, 7) is 3.86. The Morgan fingerprint density at radius 3 is 2.67 bits per heavy atom. The van der Waals surface area contributed by atoms with E-state index in [0.717, 1.165) is 11.4 Å². The average Bonchev–Trinajstić information content (AvgIpc) is 3.45. The molecule has 1 amide bonds. The number of carbonyl (C=O) groups excluding carboxylic acids is 3. The number of furan rings is 1. The molecule has 1 aromatic carbocycles. The molecule has 3 aromatic rings. The van der Waals surface area contributed by atoms with Crippen molar-refractivity contribution in [1.29, 1.82) is 0 Å². The van der Waals surface area contributed by atoms with Crippen LogP contribution in [0.1, 0.15) is 32.3 Å². The maximum atomic E-state index is 12.7. The molecule has 4 rings (SSSR count). The van der Waals surface area contributed by atoms with Gasteiger partial charge in [-0.1, -0.05) is 12.1 Å². The minimum atomic E-state index is -0.719. The molecule has 3 heterocycles. The standard InChI is InChI=1S/C24H24N2O7/c1-15-10-18(19(27)14-32-23(28)11-25-24(29)22-8-5-9-30-22)16(2)26(15)12-17-13-31-20-6-3-4-7-21(20)33-17/h3-10,17H,11-14H2,1-2H3,(H,25,29). The van der Waals surface area contributed by atoms with E-state index in [2.05, 4.69) is 5.32 Å². The van der Waals surface area contributed by atoms with Crippen molar-refractivity contribution in [3.05, 3.63) is 71.4 Å². The molecule has 1 N–H and O–H groups in total. The second-order valence-electron chi connectivity index (χ2n) is 7.64. The van der Waals surface area contributed by atoms with Crippen molar-refractivity contribution in [2.75, 3.05) is 19.8 Å². The van der Waals surface area contributed by atoms with Gasteiger partial charge in [-0.05, 0) is 44.2 Å². The van der Waals surface area contributed by atoms with E-state index in [4.69, 9.17) is 18.6 Å². The van der Waals surface area contributed by atoms with Crippen LogP contribution >= 0.6 is 0 Å². The van der Waals surface area contributed by atoms with Crippen LogP contribution in [0.2, 0.25) is 0 Å². The first-order valence-corrected chi connectivity index (χ1v) is 10.5. The Balaban J connectivity index is 1.31. The SMILES string of the molecule is Cc1cc(C(=O)COC(=O)CNC(=O)c2ccco2)c(C)n1CC1COc2ccccc2O1. The van der Waals surface area contributed by atoms with E-state index in [-0.39, 0.29) is 24.2 Å². The number of esters is 1. The third-order valence-corrected chi connectivity index (χ3v) is 5.33. The van der Waals surface area contributed by atoms with E-state index in [1.54, 1.807) is 12.1 Å². The summed E-state index contributed by atoms with van der Waals surface area (Å²) >= 11 is 0. The number of benzene rings is 1. The number of amides is 1. The summed E-state index contributed by atoms with van der Waals surface area (Å²) < 4.78 is 23.8. The van der Waals surface area contributed by atoms with Crippen molar-refractivity contribution in [3.63, 3.8) is 0 Å². The highest BCUT2D eigenvalue weighted by Gasteiger charge is 2.24. The van der Waals surface area contributed by atoms with E-state index < -0.39 is 18.5 Å². The van der Waals surface area contributed by atoms with Crippen molar-refractivity contribution in [3.8, 4) is 11.5 Å². The Morgan fingerprint density at radius 1 is 1.12 bits per heavy atom. The van der Waals surface area contributed by atoms with Crippen LogP contribution in [0.15, 0.2) is 53.1 Å². The number of aromatic nitrogens is 1. The number of nitrogens with one attached hydrogen (secondary N) is 1. The van der Waals surface area contributed by atoms with Crippen molar-refractivity contribution < 1.29 is 33.0 Å². The Bertz CT molecular complexity index is 1160. The Kier molecular flexibility index (Phi) is 6.48. The summed E-state index contributed by atoms with van der Waals surface area (Å²) in [5.41, 5.74) is 2.11. The van der Waals surface area contributed by atoms with Crippen LogP contribution in [0, 0.1) is 13.8 Å². The minimum absolute atomic E-state index is 0.0853. The van der Waals surface area contributed by atoms with Gasteiger partial charge in [-0.3, -0.25) is 14.4 Å². The Labute approximate surface area is 190 Å². The molecule has 0 bridgehead atoms. The number of ketones is 1. The summed E-state index contributed by atoms with van der Waals surface area (Å²) in [4.78, 5) is 36.4. The van der Waals surface area contributed by atoms with Crippen molar-refractivity contribution in [2.45, 2.75) is 26.5 Å². The predicted molar refractivity (Wildman–Crippen MR) is 117 cm³/mol. The molecule has 1 aliphatic rings. The van der Waals surface area contributed by atoms with Crippen LogP contribution in [-0.4, -0.2) is 48.1 Å². The topological polar surface area (TPSA) is 109 Å². The Hall–Kier alpha value is -4.01. The summed E-state index contributed by atoms with van der Waals surface area (Å²) in [5.74, 6) is -0.0912. The van der Waals surface area contributed by atoms with Crippen LogP contribution in [0.4, 0.5) is 0 Å². The molecule has 9 nitrogen and oxygen atoms in total. The van der Waals surface area contributed by atoms with Gasteiger partial charge in [-0.2, -0.15) is 0 Å². The molecule has 0 radical (unpaired) electrons. The maximum Gasteiger partial charge on any atom is 0.325 e. The molecule has 1 atom stereocenters. The number of rotatable bonds is 8. The fourth-order valence-corrected chi connectivity index (χ4v) is 3.64. The van der Waals surface area contributed by atoms with E-state index in [1.165, 1.54) is 12.3 Å². The number of aryl methyl sites for hydroxylation is 1. The maximum absolute atomic E-state index is 12.7. The monoisotopic (exact) mass is 452 g/mol. The quantitative estimate of drug-likeness (QED) is 0.413. The first-order valence-electron chi connectivity index (χ1n) is 10.5. The predicted octanol–water partition coefficient (Wildman–Crippen LogP) is 2.69. The molecule has 0 spiro atoms. The third-order valence-electron chi connectivity index (χ3n) is 5.33. The zero-order chi connectivity index (χ0) is 23.4. The van der Waals surface area contributed by atoms with Crippen molar-refractivity contribution in [2.24, 2.45) is 0 Å². The molecule has 0 aliphatic carbocycles. The van der Waals surface area contributed by atoms with Crippen LogP contribution in [0.3, 0.4) is 0 Å². The van der Waals surface area contributed by atoms with Crippen molar-refractivity contribution >= 4 is 17.7 Å². The number of ether oxygens (including phenoxy) is 3. The molecule has 1 aliphatic heterocycles. The second kappa shape index (κ2) is 9.64. The highest BCUT2D eigenvalue weighted by molar-refractivity contribution is 5.99. The van der Waals surface area contributed by atoms with E-state index >= 15 is 0 Å². The van der Waals surface area contributed by atoms with Gasteiger partial charge < -0.3 is 28.5 Å².